The molecule has 27 heavy (non-hydrogen) atoms. The molecule has 2 aromatic carbocycles. The Balaban J connectivity index is 1.61. The van der Waals surface area contributed by atoms with Crippen LogP contribution in [0, 0.1) is 0 Å². The van der Waals surface area contributed by atoms with Gasteiger partial charge in [0, 0.05) is 0 Å². The quantitative estimate of drug-likeness (QED) is 0.507. The van der Waals surface area contributed by atoms with Gasteiger partial charge in [-0.3, -0.25) is 4.79 Å². The van der Waals surface area contributed by atoms with Gasteiger partial charge in [0.1, 0.15) is 0 Å². The van der Waals surface area contributed by atoms with E-state index in [-0.39, 0.29) is 11.9 Å². The van der Waals surface area contributed by atoms with Gasteiger partial charge in [0.15, 0.2) is 8.68 Å². The van der Waals surface area contributed by atoms with E-state index in [0.29, 0.717) is 5.75 Å². The van der Waals surface area contributed by atoms with Gasteiger partial charge in [-0.25, -0.2) is 0 Å². The van der Waals surface area contributed by atoms with E-state index >= 15 is 0 Å². The van der Waals surface area contributed by atoms with Gasteiger partial charge in [-0.1, -0.05) is 102 Å². The van der Waals surface area contributed by atoms with Crippen LogP contribution in [0.25, 0.3) is 0 Å². The number of hydrogen-bond donors (Lipinski definition) is 1. The van der Waals surface area contributed by atoms with Crippen LogP contribution in [-0.2, 0) is 11.2 Å². The Kier molecular flexibility index (Phi) is 7.74. The van der Waals surface area contributed by atoms with Crippen molar-refractivity contribution < 1.29 is 4.79 Å². The Morgan fingerprint density at radius 1 is 1.00 bits per heavy atom. The molecule has 1 atom stereocenters. The maximum Gasteiger partial charge on any atom is 0.230 e. The molecule has 0 bridgehead atoms. The van der Waals surface area contributed by atoms with Crippen molar-refractivity contribution in [3.05, 3.63) is 71.8 Å². The molecule has 7 heteroatoms. The van der Waals surface area contributed by atoms with E-state index in [2.05, 4.69) is 46.7 Å². The molecule has 3 rings (SSSR count). The number of carbonyl (C=O) groups is 1. The molecular formula is C20H21N3OS3. The third kappa shape index (κ3) is 6.37. The Hall–Kier alpha value is -1.83. The van der Waals surface area contributed by atoms with Gasteiger partial charge in [0.2, 0.25) is 5.91 Å². The smallest absolute Gasteiger partial charge is 0.230 e. The molecule has 0 aliphatic carbocycles. The summed E-state index contributed by atoms with van der Waals surface area (Å²) in [6, 6.07) is 20.3. The van der Waals surface area contributed by atoms with Gasteiger partial charge < -0.3 is 5.32 Å². The van der Waals surface area contributed by atoms with Crippen molar-refractivity contribution in [1.82, 2.24) is 15.5 Å². The fourth-order valence-electron chi connectivity index (χ4n) is 2.59. The zero-order valence-electron chi connectivity index (χ0n) is 15.0. The molecule has 140 valence electrons. The lowest BCUT2D eigenvalue weighted by Crippen LogP contribution is -2.31. The Bertz CT molecular complexity index is 840. The van der Waals surface area contributed by atoms with Crippen molar-refractivity contribution >= 4 is 40.8 Å². The summed E-state index contributed by atoms with van der Waals surface area (Å²) >= 11 is 4.65. The van der Waals surface area contributed by atoms with Crippen LogP contribution in [0.15, 0.2) is 69.3 Å². The van der Waals surface area contributed by atoms with Crippen molar-refractivity contribution in [2.75, 3.05) is 11.5 Å². The molecule has 0 fully saturated rings. The van der Waals surface area contributed by atoms with Crippen LogP contribution in [0.2, 0.25) is 0 Å². The second kappa shape index (κ2) is 10.5. The monoisotopic (exact) mass is 415 g/mol. The minimum Gasteiger partial charge on any atom is -0.348 e. The maximum atomic E-state index is 12.5. The zero-order chi connectivity index (χ0) is 18.9. The van der Waals surface area contributed by atoms with Crippen molar-refractivity contribution in [1.29, 1.82) is 0 Å². The first-order chi connectivity index (χ1) is 13.2. The second-order valence-electron chi connectivity index (χ2n) is 5.78. The standard InChI is InChI=1S/C20H21N3OS3/c1-2-25-19-22-23-20(27-19)26-14-18(24)21-17(16-11-7-4-8-12-16)13-15-9-5-3-6-10-15/h3-12,17H,2,13-14H2,1H3,(H,21,24)/t17-/m1/s1. The summed E-state index contributed by atoms with van der Waals surface area (Å²) in [5.74, 6) is 1.31. The van der Waals surface area contributed by atoms with Crippen molar-refractivity contribution in [2.45, 2.75) is 28.1 Å². The van der Waals surface area contributed by atoms with E-state index < -0.39 is 0 Å². The molecule has 0 saturated heterocycles. The molecule has 0 saturated carbocycles. The minimum atomic E-state index is -0.0534. The van der Waals surface area contributed by atoms with E-state index in [4.69, 9.17) is 0 Å². The van der Waals surface area contributed by atoms with Crippen LogP contribution in [0.5, 0.6) is 0 Å². The first-order valence-corrected chi connectivity index (χ1v) is 11.5. The number of rotatable bonds is 9. The van der Waals surface area contributed by atoms with Crippen LogP contribution in [-0.4, -0.2) is 27.6 Å². The molecule has 0 aliphatic rings. The van der Waals surface area contributed by atoms with Crippen LogP contribution < -0.4 is 5.32 Å². The number of nitrogens with zero attached hydrogens (tertiary/aromatic N) is 2. The van der Waals surface area contributed by atoms with Crippen LogP contribution >= 0.6 is 34.9 Å². The van der Waals surface area contributed by atoms with Crippen molar-refractivity contribution in [2.24, 2.45) is 0 Å². The lowest BCUT2D eigenvalue weighted by molar-refractivity contribution is -0.119. The van der Waals surface area contributed by atoms with E-state index in [1.807, 2.05) is 36.4 Å². The average molecular weight is 416 g/mol. The molecule has 0 radical (unpaired) electrons. The molecule has 0 unspecified atom stereocenters. The summed E-state index contributed by atoms with van der Waals surface area (Å²) in [6.45, 7) is 2.09. The fraction of sp³-hybridized carbons (Fsp3) is 0.250. The van der Waals surface area contributed by atoms with E-state index in [9.17, 15) is 4.79 Å². The summed E-state index contributed by atoms with van der Waals surface area (Å²) in [6.07, 6.45) is 0.761. The molecule has 1 amide bonds. The Labute approximate surface area is 172 Å². The SMILES string of the molecule is CCSc1nnc(SCC(=O)N[C@H](Cc2ccccc2)c2ccccc2)s1. The van der Waals surface area contributed by atoms with Gasteiger partial charge in [-0.05, 0) is 23.3 Å². The van der Waals surface area contributed by atoms with Crippen LogP contribution in [0.3, 0.4) is 0 Å². The molecule has 1 N–H and O–H groups in total. The Morgan fingerprint density at radius 3 is 2.30 bits per heavy atom. The number of amides is 1. The summed E-state index contributed by atoms with van der Waals surface area (Å²) in [5.41, 5.74) is 2.31. The molecule has 4 nitrogen and oxygen atoms in total. The molecule has 1 heterocycles. The van der Waals surface area contributed by atoms with Gasteiger partial charge in [0.05, 0.1) is 11.8 Å². The van der Waals surface area contributed by atoms with E-state index in [0.717, 1.165) is 26.4 Å². The molecular weight excluding hydrogens is 394 g/mol. The van der Waals surface area contributed by atoms with Crippen LogP contribution in [0.4, 0.5) is 0 Å². The molecule has 0 spiro atoms. The highest BCUT2D eigenvalue weighted by Crippen LogP contribution is 2.28. The third-order valence-electron chi connectivity index (χ3n) is 3.80. The van der Waals surface area contributed by atoms with Crippen molar-refractivity contribution in [3.63, 3.8) is 0 Å². The van der Waals surface area contributed by atoms with E-state index in [1.165, 1.54) is 17.3 Å². The topological polar surface area (TPSA) is 54.9 Å². The summed E-state index contributed by atoms with van der Waals surface area (Å²) in [4.78, 5) is 12.5. The number of aromatic nitrogens is 2. The molecule has 0 aliphatic heterocycles. The predicted octanol–water partition coefficient (Wildman–Crippen LogP) is 4.84. The number of carbonyl (C=O) groups excluding carboxylic acids is 1. The lowest BCUT2D eigenvalue weighted by atomic mass is 9.99. The highest BCUT2D eigenvalue weighted by atomic mass is 32.2. The highest BCUT2D eigenvalue weighted by molar-refractivity contribution is 8.03. The first kappa shape index (κ1) is 19.9. The normalized spacial score (nSPS) is 11.9. The average Bonchev–Trinajstić information content (AvgIpc) is 3.15. The third-order valence-corrected chi connectivity index (χ3v) is 6.87. The van der Waals surface area contributed by atoms with E-state index in [1.54, 1.807) is 23.1 Å². The van der Waals surface area contributed by atoms with Gasteiger partial charge >= 0.3 is 0 Å². The van der Waals surface area contributed by atoms with Gasteiger partial charge in [-0.2, -0.15) is 0 Å². The summed E-state index contributed by atoms with van der Waals surface area (Å²) in [5, 5.41) is 11.4. The number of hydrogen-bond acceptors (Lipinski definition) is 6. The lowest BCUT2D eigenvalue weighted by Gasteiger charge is -2.19. The number of nitrogens with one attached hydrogen (secondary N) is 1. The van der Waals surface area contributed by atoms with Crippen molar-refractivity contribution in [3.8, 4) is 0 Å². The molecule has 3 aromatic rings. The summed E-state index contributed by atoms with van der Waals surface area (Å²) in [7, 11) is 0. The van der Waals surface area contributed by atoms with Crippen LogP contribution in [0.1, 0.15) is 24.1 Å². The maximum absolute atomic E-state index is 12.5. The second-order valence-corrected chi connectivity index (χ2v) is 9.49. The van der Waals surface area contributed by atoms with Gasteiger partial charge in [0.25, 0.3) is 0 Å². The summed E-state index contributed by atoms with van der Waals surface area (Å²) < 4.78 is 1.78. The zero-order valence-corrected chi connectivity index (χ0v) is 17.4. The highest BCUT2D eigenvalue weighted by Gasteiger charge is 2.16. The fourth-order valence-corrected chi connectivity index (χ4v) is 5.32. The van der Waals surface area contributed by atoms with Gasteiger partial charge in [-0.15, -0.1) is 10.2 Å². The number of thioether (sulfide) groups is 2. The largest absolute Gasteiger partial charge is 0.348 e. The number of benzene rings is 2. The minimum absolute atomic E-state index is 0.00433. The first-order valence-electron chi connectivity index (χ1n) is 8.72. The predicted molar refractivity (Wildman–Crippen MR) is 115 cm³/mol. The molecule has 1 aromatic heterocycles. The Morgan fingerprint density at radius 2 is 1.63 bits per heavy atom.